The van der Waals surface area contributed by atoms with Gasteiger partial charge in [0.15, 0.2) is 0 Å². The first-order valence-electron chi connectivity index (χ1n) is 6.26. The highest BCUT2D eigenvalue weighted by atomic mass is 32.2. The summed E-state index contributed by atoms with van der Waals surface area (Å²) in [5.41, 5.74) is 2.91. The van der Waals surface area contributed by atoms with Gasteiger partial charge >= 0.3 is 0 Å². The van der Waals surface area contributed by atoms with Crippen LogP contribution in [0.15, 0.2) is 17.0 Å². The first-order valence-corrected chi connectivity index (χ1v) is 7.80. The third-order valence-corrected chi connectivity index (χ3v) is 4.67. The van der Waals surface area contributed by atoms with E-state index in [0.717, 1.165) is 29.3 Å². The Morgan fingerprint density at radius 3 is 2.50 bits per heavy atom. The maximum Gasteiger partial charge on any atom is 0.238 e. The van der Waals surface area contributed by atoms with Gasteiger partial charge in [-0.3, -0.25) is 0 Å². The fraction of sp³-hybridized carbons (Fsp3) is 0.538. The minimum absolute atomic E-state index is 0.182. The number of anilines is 1. The molecule has 0 saturated heterocycles. The lowest BCUT2D eigenvalue weighted by molar-refractivity contribution is 0.333. The Balaban J connectivity index is 2.24. The molecule has 0 aliphatic heterocycles. The van der Waals surface area contributed by atoms with Gasteiger partial charge in [0.1, 0.15) is 0 Å². The van der Waals surface area contributed by atoms with Gasteiger partial charge in [-0.15, -0.1) is 0 Å². The second-order valence-electron chi connectivity index (χ2n) is 5.14. The SMILES string of the molecule is Cc1cc(S(N)(=O)=O)cc(NCC2CCC2)c1C. The van der Waals surface area contributed by atoms with Crippen molar-refractivity contribution in [1.82, 2.24) is 0 Å². The molecule has 18 heavy (non-hydrogen) atoms. The molecule has 1 fully saturated rings. The predicted octanol–water partition coefficient (Wildman–Crippen LogP) is 2.16. The second-order valence-corrected chi connectivity index (χ2v) is 6.70. The van der Waals surface area contributed by atoms with E-state index in [0.29, 0.717) is 0 Å². The third kappa shape index (κ3) is 2.84. The molecule has 0 heterocycles. The van der Waals surface area contributed by atoms with Crippen LogP contribution < -0.4 is 10.5 Å². The molecule has 0 amide bonds. The van der Waals surface area contributed by atoms with Gasteiger partial charge in [0.25, 0.3) is 0 Å². The van der Waals surface area contributed by atoms with Crippen molar-refractivity contribution in [3.63, 3.8) is 0 Å². The molecule has 5 heteroatoms. The van der Waals surface area contributed by atoms with Crippen molar-refractivity contribution in [2.75, 3.05) is 11.9 Å². The Hall–Kier alpha value is -1.07. The summed E-state index contributed by atoms with van der Waals surface area (Å²) in [7, 11) is -3.63. The van der Waals surface area contributed by atoms with Gasteiger partial charge in [-0.1, -0.05) is 6.42 Å². The molecular formula is C13H20N2O2S. The van der Waals surface area contributed by atoms with Gasteiger partial charge in [0, 0.05) is 12.2 Å². The summed E-state index contributed by atoms with van der Waals surface area (Å²) in [6.07, 6.45) is 3.83. The fourth-order valence-corrected chi connectivity index (χ4v) is 2.75. The number of benzene rings is 1. The van der Waals surface area contributed by atoms with E-state index in [1.807, 2.05) is 13.8 Å². The van der Waals surface area contributed by atoms with E-state index in [-0.39, 0.29) is 4.90 Å². The number of sulfonamides is 1. The number of aryl methyl sites for hydroxylation is 1. The summed E-state index contributed by atoms with van der Waals surface area (Å²) < 4.78 is 22.8. The number of nitrogens with one attached hydrogen (secondary N) is 1. The quantitative estimate of drug-likeness (QED) is 0.879. The zero-order valence-electron chi connectivity index (χ0n) is 10.9. The Labute approximate surface area is 109 Å². The van der Waals surface area contributed by atoms with E-state index in [1.165, 1.54) is 19.3 Å². The molecule has 1 saturated carbocycles. The molecule has 3 N–H and O–H groups in total. The minimum atomic E-state index is -3.63. The molecule has 1 aliphatic carbocycles. The molecular weight excluding hydrogens is 248 g/mol. The Kier molecular flexibility index (Phi) is 3.64. The molecule has 1 aliphatic rings. The van der Waals surface area contributed by atoms with Gasteiger partial charge in [-0.2, -0.15) is 0 Å². The topological polar surface area (TPSA) is 72.2 Å². The van der Waals surface area contributed by atoms with Crippen LogP contribution in [0.5, 0.6) is 0 Å². The number of hydrogen-bond acceptors (Lipinski definition) is 3. The van der Waals surface area contributed by atoms with Crippen LogP contribution in [0.2, 0.25) is 0 Å². The number of primary sulfonamides is 1. The number of nitrogens with two attached hydrogens (primary N) is 1. The summed E-state index contributed by atoms with van der Waals surface area (Å²) in [6, 6.07) is 3.26. The Morgan fingerprint density at radius 1 is 1.33 bits per heavy atom. The van der Waals surface area contributed by atoms with Crippen LogP contribution in [0.3, 0.4) is 0 Å². The highest BCUT2D eigenvalue weighted by molar-refractivity contribution is 7.89. The van der Waals surface area contributed by atoms with E-state index >= 15 is 0 Å². The summed E-state index contributed by atoms with van der Waals surface area (Å²) in [5.74, 6) is 0.725. The molecule has 2 rings (SSSR count). The third-order valence-electron chi connectivity index (χ3n) is 3.78. The lowest BCUT2D eigenvalue weighted by Crippen LogP contribution is -2.21. The predicted molar refractivity (Wildman–Crippen MR) is 73.1 cm³/mol. The molecule has 0 unspecified atom stereocenters. The van der Waals surface area contributed by atoms with E-state index in [4.69, 9.17) is 5.14 Å². The molecule has 100 valence electrons. The summed E-state index contributed by atoms with van der Waals surface area (Å²) in [5, 5.41) is 8.53. The fourth-order valence-electron chi connectivity index (χ4n) is 2.13. The van der Waals surface area contributed by atoms with Gasteiger partial charge < -0.3 is 5.32 Å². The van der Waals surface area contributed by atoms with E-state index in [2.05, 4.69) is 5.32 Å². The molecule has 1 aromatic carbocycles. The zero-order chi connectivity index (χ0) is 13.3. The van der Waals surface area contributed by atoms with Crippen molar-refractivity contribution in [3.8, 4) is 0 Å². The van der Waals surface area contributed by atoms with Crippen molar-refractivity contribution in [3.05, 3.63) is 23.3 Å². The molecule has 4 nitrogen and oxygen atoms in total. The minimum Gasteiger partial charge on any atom is -0.385 e. The standard InChI is InChI=1S/C13H20N2O2S/c1-9-6-12(18(14,16)17)7-13(10(9)2)15-8-11-4-3-5-11/h6-7,11,15H,3-5,8H2,1-2H3,(H2,14,16,17). The van der Waals surface area contributed by atoms with Crippen LogP contribution in [0, 0.1) is 19.8 Å². The van der Waals surface area contributed by atoms with Gasteiger partial charge in [0.05, 0.1) is 4.90 Å². The smallest absolute Gasteiger partial charge is 0.238 e. The van der Waals surface area contributed by atoms with Crippen LogP contribution in [0.4, 0.5) is 5.69 Å². The summed E-state index contributed by atoms with van der Waals surface area (Å²) >= 11 is 0. The molecule has 0 atom stereocenters. The zero-order valence-corrected chi connectivity index (χ0v) is 11.7. The maximum atomic E-state index is 11.4. The first-order chi connectivity index (χ1) is 8.38. The number of hydrogen-bond donors (Lipinski definition) is 2. The van der Waals surface area contributed by atoms with Crippen LogP contribution in [-0.4, -0.2) is 15.0 Å². The van der Waals surface area contributed by atoms with E-state index in [9.17, 15) is 8.42 Å². The first kappa shape index (κ1) is 13.4. The molecule has 0 aromatic heterocycles. The highest BCUT2D eigenvalue weighted by Gasteiger charge is 2.18. The Bertz CT molecular complexity index is 548. The van der Waals surface area contributed by atoms with Crippen molar-refractivity contribution < 1.29 is 8.42 Å². The van der Waals surface area contributed by atoms with E-state index < -0.39 is 10.0 Å². The average Bonchev–Trinajstić information content (AvgIpc) is 2.20. The van der Waals surface area contributed by atoms with Crippen molar-refractivity contribution in [2.24, 2.45) is 11.1 Å². The van der Waals surface area contributed by atoms with Gasteiger partial charge in [-0.25, -0.2) is 13.6 Å². The Morgan fingerprint density at radius 2 is 2.00 bits per heavy atom. The van der Waals surface area contributed by atoms with Crippen LogP contribution in [0.1, 0.15) is 30.4 Å². The lowest BCUT2D eigenvalue weighted by atomic mass is 9.85. The van der Waals surface area contributed by atoms with E-state index in [1.54, 1.807) is 12.1 Å². The van der Waals surface area contributed by atoms with Crippen LogP contribution >= 0.6 is 0 Å². The molecule has 0 radical (unpaired) electrons. The normalized spacial score (nSPS) is 16.4. The number of rotatable bonds is 4. The molecule has 0 spiro atoms. The largest absolute Gasteiger partial charge is 0.385 e. The van der Waals surface area contributed by atoms with Gasteiger partial charge in [-0.05, 0) is 55.9 Å². The second kappa shape index (κ2) is 4.90. The molecule has 0 bridgehead atoms. The lowest BCUT2D eigenvalue weighted by Gasteiger charge is -2.26. The molecule has 1 aromatic rings. The summed E-state index contributed by atoms with van der Waals surface area (Å²) in [4.78, 5) is 0.182. The van der Waals surface area contributed by atoms with Crippen molar-refractivity contribution in [1.29, 1.82) is 0 Å². The summed E-state index contributed by atoms with van der Waals surface area (Å²) in [6.45, 7) is 4.80. The highest BCUT2D eigenvalue weighted by Crippen LogP contribution is 2.28. The maximum absolute atomic E-state index is 11.4. The monoisotopic (exact) mass is 268 g/mol. The van der Waals surface area contributed by atoms with Crippen LogP contribution in [-0.2, 0) is 10.0 Å². The van der Waals surface area contributed by atoms with Crippen molar-refractivity contribution in [2.45, 2.75) is 38.0 Å². The van der Waals surface area contributed by atoms with Crippen LogP contribution in [0.25, 0.3) is 0 Å². The van der Waals surface area contributed by atoms with Crippen molar-refractivity contribution >= 4 is 15.7 Å². The average molecular weight is 268 g/mol. The van der Waals surface area contributed by atoms with Gasteiger partial charge in [0.2, 0.25) is 10.0 Å².